The average molecular weight is 291 g/mol. The summed E-state index contributed by atoms with van der Waals surface area (Å²) >= 11 is 9.83. The average Bonchev–Trinajstić information content (AvgIpc) is 2.73. The molecule has 1 aromatic heterocycles. The van der Waals surface area contributed by atoms with Gasteiger partial charge in [0.05, 0.1) is 4.34 Å². The quantitative estimate of drug-likeness (QED) is 0.545. The first-order valence-corrected chi connectivity index (χ1v) is 7.86. The summed E-state index contributed by atoms with van der Waals surface area (Å²) < 4.78 is 2.19. The predicted molar refractivity (Wildman–Crippen MR) is 82.8 cm³/mol. The van der Waals surface area contributed by atoms with Crippen LogP contribution in [0.1, 0.15) is 5.56 Å². The Bertz CT molecular complexity index is 659. The third-order valence-corrected chi connectivity index (χ3v) is 5.27. The zero-order valence-corrected chi connectivity index (χ0v) is 12.0. The summed E-state index contributed by atoms with van der Waals surface area (Å²) in [6, 6.07) is 18.8. The number of rotatable bonds is 3. The predicted octanol–water partition coefficient (Wildman–Crippen LogP) is 5.85. The van der Waals surface area contributed by atoms with Gasteiger partial charge in [0.1, 0.15) is 0 Å². The van der Waals surface area contributed by atoms with Crippen LogP contribution in [0.3, 0.4) is 0 Å². The molecule has 0 atom stereocenters. The van der Waals surface area contributed by atoms with Gasteiger partial charge in [0, 0.05) is 15.3 Å². The number of halogens is 1. The van der Waals surface area contributed by atoms with Crippen molar-refractivity contribution in [1.82, 2.24) is 0 Å². The van der Waals surface area contributed by atoms with Gasteiger partial charge in [0.2, 0.25) is 0 Å². The van der Waals surface area contributed by atoms with Crippen molar-refractivity contribution in [2.24, 2.45) is 0 Å². The van der Waals surface area contributed by atoms with Crippen LogP contribution in [0.15, 0.2) is 59.5 Å². The maximum absolute atomic E-state index is 6.34. The van der Waals surface area contributed by atoms with E-state index >= 15 is 0 Å². The van der Waals surface area contributed by atoms with Crippen LogP contribution in [0.2, 0.25) is 4.34 Å². The number of hydrogen-bond donors (Lipinski definition) is 0. The molecule has 2 aromatic carbocycles. The van der Waals surface area contributed by atoms with Crippen molar-refractivity contribution in [3.05, 3.63) is 64.5 Å². The highest BCUT2D eigenvalue weighted by atomic mass is 35.5. The van der Waals surface area contributed by atoms with E-state index in [-0.39, 0.29) is 0 Å². The molecule has 90 valence electrons. The highest BCUT2D eigenvalue weighted by molar-refractivity contribution is 7.98. The second-order valence-corrected chi connectivity index (χ2v) is 6.66. The molecule has 0 fully saturated rings. The smallest absolute Gasteiger partial charge is 0.0981 e. The van der Waals surface area contributed by atoms with Crippen LogP contribution in [0.25, 0.3) is 10.1 Å². The van der Waals surface area contributed by atoms with Gasteiger partial charge in [-0.25, -0.2) is 0 Å². The topological polar surface area (TPSA) is 0 Å². The summed E-state index contributed by atoms with van der Waals surface area (Å²) in [4.78, 5) is 1.28. The van der Waals surface area contributed by atoms with Crippen molar-refractivity contribution in [3.8, 4) is 0 Å². The molecule has 0 aliphatic carbocycles. The fourth-order valence-electron chi connectivity index (χ4n) is 1.88. The van der Waals surface area contributed by atoms with E-state index in [0.717, 1.165) is 10.1 Å². The van der Waals surface area contributed by atoms with Crippen molar-refractivity contribution < 1.29 is 0 Å². The number of hydrogen-bond acceptors (Lipinski definition) is 2. The van der Waals surface area contributed by atoms with Gasteiger partial charge in [-0.1, -0.05) is 48.0 Å². The zero-order chi connectivity index (χ0) is 12.4. The Morgan fingerprint density at radius 3 is 2.50 bits per heavy atom. The SMILES string of the molecule is Clc1sc2ccccc2c1CSc1ccccc1. The Labute approximate surface area is 120 Å². The van der Waals surface area contributed by atoms with E-state index in [1.807, 2.05) is 17.8 Å². The maximum atomic E-state index is 6.34. The molecule has 0 nitrogen and oxygen atoms in total. The van der Waals surface area contributed by atoms with Crippen molar-refractivity contribution in [3.63, 3.8) is 0 Å². The summed E-state index contributed by atoms with van der Waals surface area (Å²) in [6.07, 6.45) is 0. The molecule has 1 heterocycles. The third kappa shape index (κ3) is 2.41. The zero-order valence-electron chi connectivity index (χ0n) is 9.60. The van der Waals surface area contributed by atoms with Crippen molar-refractivity contribution in [2.45, 2.75) is 10.6 Å². The van der Waals surface area contributed by atoms with Crippen LogP contribution in [-0.4, -0.2) is 0 Å². The van der Waals surface area contributed by atoms with E-state index in [0.29, 0.717) is 0 Å². The van der Waals surface area contributed by atoms with E-state index < -0.39 is 0 Å². The van der Waals surface area contributed by atoms with Crippen LogP contribution in [0.4, 0.5) is 0 Å². The summed E-state index contributed by atoms with van der Waals surface area (Å²) in [7, 11) is 0. The second kappa shape index (κ2) is 5.35. The maximum Gasteiger partial charge on any atom is 0.0981 e. The molecule has 0 saturated heterocycles. The Kier molecular flexibility index (Phi) is 3.59. The molecular weight excluding hydrogens is 280 g/mol. The Morgan fingerprint density at radius 2 is 1.67 bits per heavy atom. The molecule has 3 rings (SSSR count). The minimum atomic E-state index is 0.916. The molecule has 0 aliphatic heterocycles. The number of thiophene rings is 1. The summed E-state index contributed by atoms with van der Waals surface area (Å²) in [5.74, 6) is 0.923. The molecule has 0 aliphatic rings. The molecule has 0 amide bonds. The van der Waals surface area contributed by atoms with Crippen LogP contribution in [-0.2, 0) is 5.75 Å². The van der Waals surface area contributed by atoms with Crippen LogP contribution in [0, 0.1) is 0 Å². The molecular formula is C15H11ClS2. The lowest BCUT2D eigenvalue weighted by Crippen LogP contribution is -1.79. The molecule has 18 heavy (non-hydrogen) atoms. The molecule has 0 radical (unpaired) electrons. The highest BCUT2D eigenvalue weighted by Crippen LogP contribution is 2.38. The van der Waals surface area contributed by atoms with Gasteiger partial charge < -0.3 is 0 Å². The first-order valence-electron chi connectivity index (χ1n) is 5.68. The normalized spacial score (nSPS) is 10.9. The third-order valence-electron chi connectivity index (χ3n) is 2.78. The van der Waals surface area contributed by atoms with Gasteiger partial charge in [-0.15, -0.1) is 23.1 Å². The van der Waals surface area contributed by atoms with Crippen molar-refractivity contribution in [2.75, 3.05) is 0 Å². The molecule has 0 saturated carbocycles. The Morgan fingerprint density at radius 1 is 0.944 bits per heavy atom. The Hall–Kier alpha value is -0.960. The minimum absolute atomic E-state index is 0.916. The lowest BCUT2D eigenvalue weighted by Gasteiger charge is -2.01. The molecule has 3 aromatic rings. The van der Waals surface area contributed by atoms with Gasteiger partial charge in [-0.05, 0) is 29.1 Å². The van der Waals surface area contributed by atoms with Crippen molar-refractivity contribution in [1.29, 1.82) is 0 Å². The van der Waals surface area contributed by atoms with Crippen LogP contribution < -0.4 is 0 Å². The first-order chi connectivity index (χ1) is 8.84. The van der Waals surface area contributed by atoms with E-state index in [9.17, 15) is 0 Å². The largest absolute Gasteiger partial charge is 0.123 e. The van der Waals surface area contributed by atoms with E-state index in [2.05, 4.69) is 48.5 Å². The lowest BCUT2D eigenvalue weighted by atomic mass is 10.2. The van der Waals surface area contributed by atoms with Gasteiger partial charge in [-0.3, -0.25) is 0 Å². The highest BCUT2D eigenvalue weighted by Gasteiger charge is 2.10. The molecule has 3 heteroatoms. The molecule has 0 unspecified atom stereocenters. The minimum Gasteiger partial charge on any atom is -0.123 e. The molecule has 0 spiro atoms. The van der Waals surface area contributed by atoms with Crippen molar-refractivity contribution >= 4 is 44.8 Å². The van der Waals surface area contributed by atoms with E-state index in [1.165, 1.54) is 20.5 Å². The van der Waals surface area contributed by atoms with Gasteiger partial charge in [0.25, 0.3) is 0 Å². The summed E-state index contributed by atoms with van der Waals surface area (Å²) in [5, 5.41) is 1.29. The first kappa shape index (κ1) is 12.1. The number of thioether (sulfide) groups is 1. The second-order valence-electron chi connectivity index (χ2n) is 3.95. The standard InChI is InChI=1S/C15H11ClS2/c16-15-13(10-17-11-6-2-1-3-7-11)12-8-4-5-9-14(12)18-15/h1-9H,10H2. The monoisotopic (exact) mass is 290 g/mol. The number of fused-ring (bicyclic) bond motifs is 1. The van der Waals surface area contributed by atoms with Crippen LogP contribution >= 0.6 is 34.7 Å². The molecule has 0 bridgehead atoms. The van der Waals surface area contributed by atoms with E-state index in [4.69, 9.17) is 11.6 Å². The van der Waals surface area contributed by atoms with E-state index in [1.54, 1.807) is 11.3 Å². The number of benzene rings is 2. The van der Waals surface area contributed by atoms with Crippen LogP contribution in [0.5, 0.6) is 0 Å². The van der Waals surface area contributed by atoms with Gasteiger partial charge in [-0.2, -0.15) is 0 Å². The van der Waals surface area contributed by atoms with Gasteiger partial charge >= 0.3 is 0 Å². The fourth-order valence-corrected chi connectivity index (χ4v) is 4.37. The molecule has 0 N–H and O–H groups in total. The fraction of sp³-hybridized carbons (Fsp3) is 0.0667. The summed E-state index contributed by atoms with van der Waals surface area (Å²) in [6.45, 7) is 0. The summed E-state index contributed by atoms with van der Waals surface area (Å²) in [5.41, 5.74) is 1.26. The van der Waals surface area contributed by atoms with Gasteiger partial charge in [0.15, 0.2) is 0 Å². The lowest BCUT2D eigenvalue weighted by molar-refractivity contribution is 1.42. The Balaban J connectivity index is 1.89.